The molecule has 0 radical (unpaired) electrons. The minimum Gasteiger partial charge on any atom is -0.493 e. The molecule has 3 aliphatic rings. The summed E-state index contributed by atoms with van der Waals surface area (Å²) in [4.78, 5) is 11.1. The molecular formula is C32H33FO7S. The van der Waals surface area contributed by atoms with Gasteiger partial charge in [0.25, 0.3) is 0 Å². The standard InChI is InChI=1S/C32H33FO7S/c1-19-12-24(40-17-20-7-10-41(36,37)11-8-20)14-22-6-9-38-30-5-2-21(13-28(30)31(19)22)18-39-23-3-4-25(29(33)15-23)26-16-27(26)32(34)35/h2-5,12-15,20,26-27H,6-11,16-18H2,1H3,(H,34,35)/t26-,27+/m1/s1. The van der Waals surface area contributed by atoms with Gasteiger partial charge in [0.15, 0.2) is 0 Å². The Morgan fingerprint density at radius 3 is 2.59 bits per heavy atom. The van der Waals surface area contributed by atoms with Gasteiger partial charge in [0.1, 0.15) is 39.5 Å². The summed E-state index contributed by atoms with van der Waals surface area (Å²) in [6, 6.07) is 14.6. The van der Waals surface area contributed by atoms with Crippen molar-refractivity contribution in [3.05, 3.63) is 76.6 Å². The van der Waals surface area contributed by atoms with Crippen LogP contribution in [0.5, 0.6) is 17.2 Å². The second kappa shape index (κ2) is 11.0. The summed E-state index contributed by atoms with van der Waals surface area (Å²) >= 11 is 0. The Kier molecular flexibility index (Phi) is 7.40. The minimum absolute atomic E-state index is 0.234. The van der Waals surface area contributed by atoms with E-state index in [9.17, 15) is 17.6 Å². The van der Waals surface area contributed by atoms with Gasteiger partial charge in [-0.05, 0) is 90.3 Å². The molecule has 1 aliphatic carbocycles. The lowest BCUT2D eigenvalue weighted by Gasteiger charge is -2.22. The number of rotatable bonds is 8. The van der Waals surface area contributed by atoms with Gasteiger partial charge in [0.05, 0.1) is 30.6 Å². The average molecular weight is 581 g/mol. The van der Waals surface area contributed by atoms with Crippen molar-refractivity contribution in [2.75, 3.05) is 24.7 Å². The molecule has 6 rings (SSSR count). The molecule has 3 aromatic rings. The molecule has 7 nitrogen and oxygen atoms in total. The van der Waals surface area contributed by atoms with Gasteiger partial charge in [-0.15, -0.1) is 0 Å². The highest BCUT2D eigenvalue weighted by Crippen LogP contribution is 2.48. The third-order valence-corrected chi connectivity index (χ3v) is 10.1. The molecule has 1 saturated carbocycles. The number of carbonyl (C=O) groups is 1. The van der Waals surface area contributed by atoms with E-state index in [1.165, 1.54) is 6.07 Å². The fraction of sp³-hybridized carbons (Fsp3) is 0.406. The van der Waals surface area contributed by atoms with E-state index in [-0.39, 0.29) is 29.9 Å². The van der Waals surface area contributed by atoms with Gasteiger partial charge in [-0.25, -0.2) is 12.8 Å². The summed E-state index contributed by atoms with van der Waals surface area (Å²) in [5, 5.41) is 9.14. The highest BCUT2D eigenvalue weighted by atomic mass is 32.2. The predicted octanol–water partition coefficient (Wildman–Crippen LogP) is 5.71. The third-order valence-electron chi connectivity index (χ3n) is 8.38. The van der Waals surface area contributed by atoms with Gasteiger partial charge in [-0.3, -0.25) is 4.79 Å². The molecule has 0 aromatic heterocycles. The summed E-state index contributed by atoms with van der Waals surface area (Å²) in [6.45, 7) is 3.33. The highest BCUT2D eigenvalue weighted by Gasteiger charge is 2.45. The number of halogens is 1. The van der Waals surface area contributed by atoms with Crippen LogP contribution in [0, 0.1) is 24.6 Å². The smallest absolute Gasteiger partial charge is 0.307 e. The molecule has 3 aromatic carbocycles. The van der Waals surface area contributed by atoms with Crippen molar-refractivity contribution >= 4 is 15.8 Å². The van der Waals surface area contributed by atoms with Crippen molar-refractivity contribution in [1.82, 2.24) is 0 Å². The van der Waals surface area contributed by atoms with Crippen LogP contribution >= 0.6 is 0 Å². The van der Waals surface area contributed by atoms with Crippen molar-refractivity contribution in [3.8, 4) is 28.4 Å². The number of hydrogen-bond donors (Lipinski definition) is 1. The first kappa shape index (κ1) is 27.6. The predicted molar refractivity (Wildman–Crippen MR) is 152 cm³/mol. The largest absolute Gasteiger partial charge is 0.493 e. The van der Waals surface area contributed by atoms with Crippen LogP contribution in [0.2, 0.25) is 0 Å². The molecular weight excluding hydrogens is 547 g/mol. The number of hydrogen-bond acceptors (Lipinski definition) is 6. The zero-order valence-electron chi connectivity index (χ0n) is 22.9. The summed E-state index contributed by atoms with van der Waals surface area (Å²) in [5.74, 6) is 0.560. The van der Waals surface area contributed by atoms with E-state index in [1.807, 2.05) is 24.3 Å². The number of carboxylic acids is 1. The summed E-state index contributed by atoms with van der Waals surface area (Å²) in [7, 11) is -2.90. The Morgan fingerprint density at radius 2 is 1.85 bits per heavy atom. The zero-order chi connectivity index (χ0) is 28.7. The molecule has 0 amide bonds. The van der Waals surface area contributed by atoms with Crippen LogP contribution in [0.25, 0.3) is 11.1 Å². The normalized spacial score (nSPS) is 21.1. The van der Waals surface area contributed by atoms with E-state index in [0.717, 1.165) is 45.7 Å². The lowest BCUT2D eigenvalue weighted by Crippen LogP contribution is -2.26. The number of benzene rings is 3. The molecule has 2 aliphatic heterocycles. The second-order valence-electron chi connectivity index (χ2n) is 11.4. The molecule has 41 heavy (non-hydrogen) atoms. The van der Waals surface area contributed by atoms with Gasteiger partial charge in [-0.1, -0.05) is 12.1 Å². The van der Waals surface area contributed by atoms with Crippen molar-refractivity contribution < 1.29 is 36.9 Å². The molecule has 9 heteroatoms. The minimum atomic E-state index is -2.90. The van der Waals surface area contributed by atoms with E-state index in [0.29, 0.717) is 43.8 Å². The summed E-state index contributed by atoms with van der Waals surface area (Å²) in [5.41, 5.74) is 5.59. The monoisotopic (exact) mass is 580 g/mol. The molecule has 2 heterocycles. The van der Waals surface area contributed by atoms with Crippen LogP contribution in [-0.4, -0.2) is 44.2 Å². The molecule has 1 N–H and O–H groups in total. The van der Waals surface area contributed by atoms with Gasteiger partial charge < -0.3 is 19.3 Å². The molecule has 1 saturated heterocycles. The van der Waals surface area contributed by atoms with Crippen LogP contribution in [-0.2, 0) is 27.7 Å². The van der Waals surface area contributed by atoms with Gasteiger partial charge in [-0.2, -0.15) is 0 Å². The van der Waals surface area contributed by atoms with Gasteiger partial charge in [0, 0.05) is 24.0 Å². The first-order chi connectivity index (χ1) is 19.7. The first-order valence-electron chi connectivity index (χ1n) is 14.0. The maximum Gasteiger partial charge on any atom is 0.307 e. The Morgan fingerprint density at radius 1 is 1.05 bits per heavy atom. The molecule has 0 bridgehead atoms. The number of aryl methyl sites for hydroxylation is 1. The van der Waals surface area contributed by atoms with Gasteiger partial charge >= 0.3 is 5.97 Å². The van der Waals surface area contributed by atoms with E-state index < -0.39 is 27.5 Å². The van der Waals surface area contributed by atoms with E-state index in [1.54, 1.807) is 12.1 Å². The fourth-order valence-corrected chi connectivity index (χ4v) is 7.53. The second-order valence-corrected chi connectivity index (χ2v) is 13.7. The summed E-state index contributed by atoms with van der Waals surface area (Å²) < 4.78 is 56.3. The fourth-order valence-electron chi connectivity index (χ4n) is 5.95. The number of fused-ring (bicyclic) bond motifs is 3. The number of carboxylic acid groups (broad SMARTS) is 1. The highest BCUT2D eigenvalue weighted by molar-refractivity contribution is 7.91. The quantitative estimate of drug-likeness (QED) is 0.365. The Bertz CT molecular complexity index is 1590. The van der Waals surface area contributed by atoms with E-state index in [2.05, 4.69) is 13.0 Å². The summed E-state index contributed by atoms with van der Waals surface area (Å²) in [6.07, 6.45) is 2.47. The molecule has 216 valence electrons. The van der Waals surface area contributed by atoms with Crippen molar-refractivity contribution in [3.63, 3.8) is 0 Å². The number of aliphatic carboxylic acids is 1. The van der Waals surface area contributed by atoms with Crippen LogP contribution < -0.4 is 14.2 Å². The van der Waals surface area contributed by atoms with Crippen LogP contribution in [0.15, 0.2) is 48.5 Å². The SMILES string of the molecule is Cc1cc(OCC2CCS(=O)(=O)CC2)cc2c1-c1cc(COc3ccc([C@H]4C[C@@H]4C(=O)O)c(F)c3)ccc1OCC2. The third kappa shape index (κ3) is 6.05. The number of ether oxygens (including phenoxy) is 3. The lowest BCUT2D eigenvalue weighted by molar-refractivity contribution is -0.138. The molecule has 2 atom stereocenters. The van der Waals surface area contributed by atoms with Crippen molar-refractivity contribution in [2.24, 2.45) is 11.8 Å². The topological polar surface area (TPSA) is 99.1 Å². The maximum absolute atomic E-state index is 14.7. The molecule has 2 fully saturated rings. The Labute approximate surface area is 239 Å². The van der Waals surface area contributed by atoms with Crippen molar-refractivity contribution in [1.29, 1.82) is 0 Å². The van der Waals surface area contributed by atoms with Crippen molar-refractivity contribution in [2.45, 2.75) is 45.1 Å². The lowest BCUT2D eigenvalue weighted by atomic mass is 9.92. The van der Waals surface area contributed by atoms with Gasteiger partial charge in [0.2, 0.25) is 0 Å². The molecule has 0 spiro atoms. The van der Waals surface area contributed by atoms with Crippen LogP contribution in [0.1, 0.15) is 47.4 Å². The zero-order valence-corrected chi connectivity index (χ0v) is 23.7. The maximum atomic E-state index is 14.7. The van der Waals surface area contributed by atoms with E-state index in [4.69, 9.17) is 19.3 Å². The molecule has 0 unspecified atom stereocenters. The number of sulfone groups is 1. The van der Waals surface area contributed by atoms with Crippen LogP contribution in [0.4, 0.5) is 4.39 Å². The Hall–Kier alpha value is -3.59. The van der Waals surface area contributed by atoms with E-state index >= 15 is 0 Å². The average Bonchev–Trinajstić information content (AvgIpc) is 3.75. The Balaban J connectivity index is 1.16. The van der Waals surface area contributed by atoms with Crippen LogP contribution in [0.3, 0.4) is 0 Å². The first-order valence-corrected chi connectivity index (χ1v) is 15.9.